The van der Waals surface area contributed by atoms with Crippen molar-refractivity contribution in [2.24, 2.45) is 0 Å². The van der Waals surface area contributed by atoms with E-state index in [1.54, 1.807) is 0 Å². The van der Waals surface area contributed by atoms with Crippen molar-refractivity contribution in [3.8, 4) is 11.5 Å². The zero-order valence-electron chi connectivity index (χ0n) is 11.1. The molecule has 2 rings (SSSR count). The van der Waals surface area contributed by atoms with Crippen LogP contribution in [0.4, 0.5) is 0 Å². The maximum Gasteiger partial charge on any atom is 0.167 e. The van der Waals surface area contributed by atoms with Crippen molar-refractivity contribution in [2.45, 2.75) is 26.2 Å². The number of benzene rings is 1. The van der Waals surface area contributed by atoms with Crippen molar-refractivity contribution < 1.29 is 4.74 Å². The van der Waals surface area contributed by atoms with Gasteiger partial charge in [0.15, 0.2) is 5.75 Å². The molecular formula is C15H15Cl2NO. The first-order chi connectivity index (χ1) is 8.88. The first-order valence-corrected chi connectivity index (χ1v) is 6.71. The molecule has 0 aliphatic carbocycles. The van der Waals surface area contributed by atoms with Crippen molar-refractivity contribution in [3.63, 3.8) is 0 Å². The topological polar surface area (TPSA) is 22.1 Å². The number of aromatic nitrogens is 1. The minimum absolute atomic E-state index is 0.116. The van der Waals surface area contributed by atoms with E-state index >= 15 is 0 Å². The Bertz CT molecular complexity index is 553. The van der Waals surface area contributed by atoms with E-state index in [9.17, 15) is 0 Å². The van der Waals surface area contributed by atoms with Crippen LogP contribution < -0.4 is 4.74 Å². The Labute approximate surface area is 123 Å². The predicted octanol–water partition coefficient (Wildman–Crippen LogP) is 5.48. The molecule has 0 saturated heterocycles. The van der Waals surface area contributed by atoms with Gasteiger partial charge < -0.3 is 4.74 Å². The van der Waals surface area contributed by atoms with Gasteiger partial charge in [0.25, 0.3) is 0 Å². The molecule has 0 saturated carbocycles. The molecular weight excluding hydrogens is 281 g/mol. The maximum absolute atomic E-state index is 6.01. The lowest BCUT2D eigenvalue weighted by Crippen LogP contribution is -2.10. The fourth-order valence-electron chi connectivity index (χ4n) is 1.64. The number of nitrogens with zero attached hydrogens (tertiary/aromatic N) is 1. The molecule has 2 aromatic rings. The van der Waals surface area contributed by atoms with E-state index in [1.807, 2.05) is 24.3 Å². The Kier molecular flexibility index (Phi) is 4.02. The molecule has 1 aromatic carbocycles. The molecule has 0 N–H and O–H groups in total. The van der Waals surface area contributed by atoms with Crippen molar-refractivity contribution in [3.05, 3.63) is 52.3 Å². The summed E-state index contributed by atoms with van der Waals surface area (Å²) in [5.74, 6) is 1.13. The highest BCUT2D eigenvalue weighted by Crippen LogP contribution is 2.35. The summed E-state index contributed by atoms with van der Waals surface area (Å²) < 4.78 is 5.70. The molecule has 0 atom stereocenters. The van der Waals surface area contributed by atoms with Crippen LogP contribution in [0.1, 0.15) is 26.3 Å². The largest absolute Gasteiger partial charge is 0.454 e. The number of halogens is 2. The molecule has 0 bridgehead atoms. The van der Waals surface area contributed by atoms with Gasteiger partial charge in [0.05, 0.1) is 0 Å². The average Bonchev–Trinajstić information content (AvgIpc) is 2.33. The van der Waals surface area contributed by atoms with Gasteiger partial charge in [-0.05, 0) is 23.1 Å². The standard InChI is InChI=1S/C15H15Cl2NO/c1-15(2,3)10-4-6-11(7-5-10)19-14-12(16)8-18-9-13(14)17/h4-9H,1-3H3. The van der Waals surface area contributed by atoms with Gasteiger partial charge in [-0.2, -0.15) is 0 Å². The Morgan fingerprint density at radius 2 is 1.47 bits per heavy atom. The molecule has 1 heterocycles. The quantitative estimate of drug-likeness (QED) is 0.732. The lowest BCUT2D eigenvalue weighted by molar-refractivity contribution is 0.481. The van der Waals surface area contributed by atoms with Gasteiger partial charge in [0.1, 0.15) is 15.8 Å². The minimum Gasteiger partial charge on any atom is -0.454 e. The SMILES string of the molecule is CC(C)(C)c1ccc(Oc2c(Cl)cncc2Cl)cc1. The molecule has 1 aromatic heterocycles. The van der Waals surface area contributed by atoms with Crippen LogP contribution in [0.15, 0.2) is 36.7 Å². The Morgan fingerprint density at radius 1 is 0.947 bits per heavy atom. The monoisotopic (exact) mass is 295 g/mol. The van der Waals surface area contributed by atoms with Crippen LogP contribution in [0, 0.1) is 0 Å². The molecule has 0 fully saturated rings. The van der Waals surface area contributed by atoms with E-state index in [-0.39, 0.29) is 5.41 Å². The molecule has 0 aliphatic rings. The summed E-state index contributed by atoms with van der Waals surface area (Å²) in [5, 5.41) is 0.791. The van der Waals surface area contributed by atoms with E-state index in [1.165, 1.54) is 18.0 Å². The molecule has 0 spiro atoms. The number of hydrogen-bond donors (Lipinski definition) is 0. The zero-order valence-corrected chi connectivity index (χ0v) is 12.6. The number of pyridine rings is 1. The van der Waals surface area contributed by atoms with Crippen LogP contribution in [0.3, 0.4) is 0 Å². The Hall–Kier alpha value is -1.25. The first kappa shape index (κ1) is 14.2. The molecule has 19 heavy (non-hydrogen) atoms. The summed E-state index contributed by atoms with van der Waals surface area (Å²) in [6, 6.07) is 7.90. The van der Waals surface area contributed by atoms with Crippen LogP contribution in [0.25, 0.3) is 0 Å². The van der Waals surface area contributed by atoms with Crippen molar-refractivity contribution in [1.29, 1.82) is 0 Å². The van der Waals surface area contributed by atoms with Crippen LogP contribution in [0.2, 0.25) is 10.0 Å². The van der Waals surface area contributed by atoms with Gasteiger partial charge in [-0.15, -0.1) is 0 Å². The molecule has 0 aliphatic heterocycles. The number of ether oxygens (including phenoxy) is 1. The van der Waals surface area contributed by atoms with Gasteiger partial charge in [0, 0.05) is 12.4 Å². The van der Waals surface area contributed by atoms with E-state index in [4.69, 9.17) is 27.9 Å². The van der Waals surface area contributed by atoms with Gasteiger partial charge in [0.2, 0.25) is 0 Å². The lowest BCUT2D eigenvalue weighted by atomic mass is 9.87. The summed E-state index contributed by atoms with van der Waals surface area (Å²) in [4.78, 5) is 3.89. The molecule has 0 amide bonds. The van der Waals surface area contributed by atoms with Crippen molar-refractivity contribution in [1.82, 2.24) is 4.98 Å². The Morgan fingerprint density at radius 3 is 1.95 bits per heavy atom. The van der Waals surface area contributed by atoms with Crippen molar-refractivity contribution >= 4 is 23.2 Å². The van der Waals surface area contributed by atoms with Crippen molar-refractivity contribution in [2.75, 3.05) is 0 Å². The molecule has 0 unspecified atom stereocenters. The third-order valence-electron chi connectivity index (χ3n) is 2.75. The highest BCUT2D eigenvalue weighted by Gasteiger charge is 2.14. The van der Waals surface area contributed by atoms with E-state index in [2.05, 4.69) is 25.8 Å². The third kappa shape index (κ3) is 3.40. The number of hydrogen-bond acceptors (Lipinski definition) is 2. The van der Waals surface area contributed by atoms with E-state index in [0.29, 0.717) is 21.5 Å². The molecule has 4 heteroatoms. The third-order valence-corrected chi connectivity index (χ3v) is 3.29. The van der Waals surface area contributed by atoms with Crippen LogP contribution >= 0.6 is 23.2 Å². The summed E-state index contributed by atoms with van der Waals surface area (Å²) in [7, 11) is 0. The molecule has 2 nitrogen and oxygen atoms in total. The maximum atomic E-state index is 6.01. The Balaban J connectivity index is 2.25. The lowest BCUT2D eigenvalue weighted by Gasteiger charge is -2.19. The van der Waals surface area contributed by atoms with Gasteiger partial charge in [-0.25, -0.2) is 0 Å². The molecule has 0 radical (unpaired) electrons. The van der Waals surface area contributed by atoms with E-state index in [0.717, 1.165) is 0 Å². The summed E-state index contributed by atoms with van der Waals surface area (Å²) in [5.41, 5.74) is 1.36. The second-order valence-corrected chi connectivity index (χ2v) is 6.12. The summed E-state index contributed by atoms with van der Waals surface area (Å²) in [6.45, 7) is 6.50. The predicted molar refractivity (Wildman–Crippen MR) is 79.5 cm³/mol. The second kappa shape index (κ2) is 5.40. The van der Waals surface area contributed by atoms with Gasteiger partial charge in [-0.3, -0.25) is 4.98 Å². The minimum atomic E-state index is 0.116. The normalized spacial score (nSPS) is 11.4. The highest BCUT2D eigenvalue weighted by molar-refractivity contribution is 6.36. The average molecular weight is 296 g/mol. The summed E-state index contributed by atoms with van der Waals surface area (Å²) >= 11 is 12.0. The fourth-order valence-corrected chi connectivity index (χ4v) is 2.08. The van der Waals surface area contributed by atoms with Gasteiger partial charge in [-0.1, -0.05) is 56.1 Å². The smallest absolute Gasteiger partial charge is 0.167 e. The van der Waals surface area contributed by atoms with Crippen LogP contribution in [-0.4, -0.2) is 4.98 Å². The molecule has 100 valence electrons. The zero-order chi connectivity index (χ0) is 14.0. The van der Waals surface area contributed by atoms with Crippen LogP contribution in [0.5, 0.6) is 11.5 Å². The fraction of sp³-hybridized carbons (Fsp3) is 0.267. The second-order valence-electron chi connectivity index (χ2n) is 5.31. The van der Waals surface area contributed by atoms with Crippen LogP contribution in [-0.2, 0) is 5.41 Å². The number of rotatable bonds is 2. The van der Waals surface area contributed by atoms with E-state index < -0.39 is 0 Å². The van der Waals surface area contributed by atoms with Gasteiger partial charge >= 0.3 is 0 Å². The highest BCUT2D eigenvalue weighted by atomic mass is 35.5. The first-order valence-electron chi connectivity index (χ1n) is 5.95. The summed E-state index contributed by atoms with van der Waals surface area (Å²) in [6.07, 6.45) is 3.01.